The Bertz CT molecular complexity index is 284. The van der Waals surface area contributed by atoms with Crippen molar-refractivity contribution in [2.45, 2.75) is 40.0 Å². The van der Waals surface area contributed by atoms with Crippen LogP contribution in [0.15, 0.2) is 5.38 Å². The van der Waals surface area contributed by atoms with Crippen LogP contribution in [0.1, 0.15) is 40.0 Å². The molecule has 0 aliphatic rings. The molecule has 0 atom stereocenters. The molecular formula is C13H22O3S. The Morgan fingerprint density at radius 3 is 2.12 bits per heavy atom. The molecule has 17 heavy (non-hydrogen) atoms. The first-order valence-electron chi connectivity index (χ1n) is 6.33. The van der Waals surface area contributed by atoms with Crippen molar-refractivity contribution < 1.29 is 14.2 Å². The van der Waals surface area contributed by atoms with Gasteiger partial charge in [-0.3, -0.25) is 0 Å². The highest BCUT2D eigenvalue weighted by Gasteiger charge is 2.15. The molecule has 0 bridgehead atoms. The number of hydrogen-bond donors (Lipinski definition) is 0. The Morgan fingerprint density at radius 2 is 1.47 bits per heavy atom. The Morgan fingerprint density at radius 1 is 0.882 bits per heavy atom. The first kappa shape index (κ1) is 14.2. The monoisotopic (exact) mass is 258 g/mol. The molecule has 0 saturated carbocycles. The van der Waals surface area contributed by atoms with Crippen molar-refractivity contribution in [2.24, 2.45) is 0 Å². The maximum atomic E-state index is 5.71. The summed E-state index contributed by atoms with van der Waals surface area (Å²) >= 11 is 1.54. The smallest absolute Gasteiger partial charge is 0.221 e. The lowest BCUT2D eigenvalue weighted by Gasteiger charge is -2.10. The van der Waals surface area contributed by atoms with Gasteiger partial charge in [-0.25, -0.2) is 0 Å². The van der Waals surface area contributed by atoms with Crippen molar-refractivity contribution in [1.82, 2.24) is 0 Å². The van der Waals surface area contributed by atoms with E-state index in [1.54, 1.807) is 11.3 Å². The number of rotatable bonds is 9. The van der Waals surface area contributed by atoms with Gasteiger partial charge in [0.25, 0.3) is 0 Å². The minimum Gasteiger partial charge on any atom is -0.489 e. The maximum absolute atomic E-state index is 5.71. The molecule has 0 aliphatic carbocycles. The fourth-order valence-corrected chi connectivity index (χ4v) is 2.06. The van der Waals surface area contributed by atoms with Crippen LogP contribution in [0.3, 0.4) is 0 Å². The lowest BCUT2D eigenvalue weighted by Crippen LogP contribution is -2.01. The van der Waals surface area contributed by atoms with Crippen LogP contribution in [-0.4, -0.2) is 19.8 Å². The van der Waals surface area contributed by atoms with Gasteiger partial charge in [-0.15, -0.1) is 0 Å². The van der Waals surface area contributed by atoms with E-state index in [4.69, 9.17) is 14.2 Å². The van der Waals surface area contributed by atoms with Crippen LogP contribution in [0.4, 0.5) is 0 Å². The van der Waals surface area contributed by atoms with Crippen LogP contribution in [0, 0.1) is 0 Å². The van der Waals surface area contributed by atoms with Crippen molar-refractivity contribution in [2.75, 3.05) is 19.8 Å². The second-order valence-corrected chi connectivity index (χ2v) is 4.60. The summed E-state index contributed by atoms with van der Waals surface area (Å²) in [6.45, 7) is 8.40. The van der Waals surface area contributed by atoms with E-state index in [1.165, 1.54) is 0 Å². The van der Waals surface area contributed by atoms with Crippen LogP contribution >= 0.6 is 11.3 Å². The van der Waals surface area contributed by atoms with Gasteiger partial charge in [0.15, 0.2) is 5.75 Å². The highest BCUT2D eigenvalue weighted by molar-refractivity contribution is 7.12. The minimum atomic E-state index is 0.696. The number of hydrogen-bond acceptors (Lipinski definition) is 4. The van der Waals surface area contributed by atoms with Crippen LogP contribution in [0.2, 0.25) is 0 Å². The lowest BCUT2D eigenvalue weighted by molar-refractivity contribution is 0.250. The highest BCUT2D eigenvalue weighted by Crippen LogP contribution is 2.44. The Labute approximate surface area is 108 Å². The molecule has 0 aromatic carbocycles. The van der Waals surface area contributed by atoms with Gasteiger partial charge >= 0.3 is 0 Å². The summed E-state index contributed by atoms with van der Waals surface area (Å²) in [7, 11) is 0. The third kappa shape index (κ3) is 4.46. The topological polar surface area (TPSA) is 27.7 Å². The molecule has 0 spiro atoms. The van der Waals surface area contributed by atoms with Gasteiger partial charge in [-0.2, -0.15) is 0 Å². The Hall–Kier alpha value is -0.900. The SMILES string of the molecule is CCCOc1csc(OCCC)c1OCCC. The molecule has 0 fully saturated rings. The molecule has 0 saturated heterocycles. The summed E-state index contributed by atoms with van der Waals surface area (Å²) in [5.74, 6) is 1.59. The molecule has 1 rings (SSSR count). The van der Waals surface area contributed by atoms with E-state index in [0.717, 1.165) is 42.4 Å². The van der Waals surface area contributed by atoms with Crippen LogP contribution < -0.4 is 14.2 Å². The standard InChI is InChI=1S/C13H22O3S/c1-4-7-14-11-10-17-13(16-9-6-3)12(11)15-8-5-2/h10H,4-9H2,1-3H3. The van der Waals surface area contributed by atoms with Gasteiger partial charge < -0.3 is 14.2 Å². The molecule has 98 valence electrons. The summed E-state index contributed by atoms with van der Waals surface area (Å²) in [6.07, 6.45) is 2.97. The summed E-state index contributed by atoms with van der Waals surface area (Å²) in [5, 5.41) is 2.80. The van der Waals surface area contributed by atoms with Gasteiger partial charge in [0.1, 0.15) is 0 Å². The molecule has 4 heteroatoms. The molecule has 0 N–H and O–H groups in total. The van der Waals surface area contributed by atoms with Gasteiger partial charge in [0.2, 0.25) is 10.8 Å². The molecule has 1 aromatic rings. The molecule has 3 nitrogen and oxygen atoms in total. The zero-order chi connectivity index (χ0) is 12.5. The van der Waals surface area contributed by atoms with Crippen molar-refractivity contribution in [1.29, 1.82) is 0 Å². The van der Waals surface area contributed by atoms with Gasteiger partial charge in [0.05, 0.1) is 19.8 Å². The van der Waals surface area contributed by atoms with Crippen LogP contribution in [0.25, 0.3) is 0 Å². The third-order valence-corrected chi connectivity index (χ3v) is 2.88. The van der Waals surface area contributed by atoms with Crippen molar-refractivity contribution in [3.8, 4) is 16.6 Å². The molecule has 0 amide bonds. The first-order chi connectivity index (χ1) is 8.33. The molecule has 0 radical (unpaired) electrons. The van der Waals surface area contributed by atoms with E-state index < -0.39 is 0 Å². The lowest BCUT2D eigenvalue weighted by atomic mass is 10.4. The zero-order valence-electron chi connectivity index (χ0n) is 11.0. The summed E-state index contributed by atoms with van der Waals surface area (Å²) < 4.78 is 17.0. The average molecular weight is 258 g/mol. The fourth-order valence-electron chi connectivity index (χ4n) is 1.25. The molecule has 1 aromatic heterocycles. The summed E-state index contributed by atoms with van der Waals surface area (Å²) in [6, 6.07) is 0. The van der Waals surface area contributed by atoms with Gasteiger partial charge in [-0.1, -0.05) is 32.1 Å². The minimum absolute atomic E-state index is 0.696. The normalized spacial score (nSPS) is 10.3. The average Bonchev–Trinajstić information content (AvgIpc) is 2.73. The molecule has 1 heterocycles. The van der Waals surface area contributed by atoms with E-state index in [0.29, 0.717) is 13.2 Å². The van der Waals surface area contributed by atoms with E-state index in [-0.39, 0.29) is 0 Å². The van der Waals surface area contributed by atoms with Crippen molar-refractivity contribution in [3.63, 3.8) is 0 Å². The van der Waals surface area contributed by atoms with E-state index >= 15 is 0 Å². The van der Waals surface area contributed by atoms with Gasteiger partial charge in [0, 0.05) is 5.38 Å². The predicted molar refractivity (Wildman–Crippen MR) is 71.7 cm³/mol. The molecular weight excluding hydrogens is 236 g/mol. The van der Waals surface area contributed by atoms with Crippen LogP contribution in [0.5, 0.6) is 16.6 Å². The van der Waals surface area contributed by atoms with E-state index in [1.807, 2.05) is 5.38 Å². The third-order valence-electron chi connectivity index (χ3n) is 2.03. The maximum Gasteiger partial charge on any atom is 0.221 e. The first-order valence-corrected chi connectivity index (χ1v) is 7.21. The van der Waals surface area contributed by atoms with Crippen LogP contribution in [-0.2, 0) is 0 Å². The largest absolute Gasteiger partial charge is 0.489 e. The zero-order valence-corrected chi connectivity index (χ0v) is 11.8. The second kappa shape index (κ2) is 8.23. The van der Waals surface area contributed by atoms with Crippen molar-refractivity contribution >= 4 is 11.3 Å². The highest BCUT2D eigenvalue weighted by atomic mass is 32.1. The molecule has 0 unspecified atom stereocenters. The summed E-state index contributed by atoms with van der Waals surface area (Å²) in [5.41, 5.74) is 0. The molecule has 0 aliphatic heterocycles. The fraction of sp³-hybridized carbons (Fsp3) is 0.692. The second-order valence-electron chi connectivity index (χ2n) is 3.76. The van der Waals surface area contributed by atoms with E-state index in [2.05, 4.69) is 20.8 Å². The summed E-state index contributed by atoms with van der Waals surface area (Å²) in [4.78, 5) is 0. The van der Waals surface area contributed by atoms with Gasteiger partial charge in [-0.05, 0) is 19.3 Å². The van der Waals surface area contributed by atoms with Crippen molar-refractivity contribution in [3.05, 3.63) is 5.38 Å². The number of ether oxygens (including phenoxy) is 3. The Kier molecular flexibility index (Phi) is 6.86. The number of thiophene rings is 1. The Balaban J connectivity index is 2.70. The van der Waals surface area contributed by atoms with E-state index in [9.17, 15) is 0 Å². The quantitative estimate of drug-likeness (QED) is 0.667. The predicted octanol–water partition coefficient (Wildman–Crippen LogP) is 4.11.